The smallest absolute Gasteiger partial charge is 0.227 e. The molecule has 1 aliphatic rings. The highest BCUT2D eigenvalue weighted by Gasteiger charge is 2.41. The number of nitrogens with one attached hydrogen (secondary N) is 1. The minimum Gasteiger partial charge on any atom is -0.502 e. The molecule has 2 rings (SSSR count). The van der Waals surface area contributed by atoms with Crippen molar-refractivity contribution in [2.75, 3.05) is 27.2 Å². The van der Waals surface area contributed by atoms with Gasteiger partial charge in [-0.2, -0.15) is 0 Å². The molecule has 0 atom stereocenters. The highest BCUT2D eigenvalue weighted by Crippen LogP contribution is 2.44. The molecule has 134 valence electrons. The standard InChI is InChI=1S/C18H28N2O4/c1-13-11-14(21)16(23)17(24-13)18(7-5-4-6-8-18)12-15(22)19-9-10-20(2)3/h11,23H,4-10,12H2,1-3H3,(H,19,22). The van der Waals surface area contributed by atoms with E-state index in [1.807, 2.05) is 19.0 Å². The SMILES string of the molecule is Cc1cc(=O)c(O)c(C2(CC(=O)NCCN(C)C)CCCCC2)o1. The normalized spacial score (nSPS) is 17.0. The first-order chi connectivity index (χ1) is 11.3. The lowest BCUT2D eigenvalue weighted by Gasteiger charge is -2.36. The summed E-state index contributed by atoms with van der Waals surface area (Å²) < 4.78 is 5.74. The number of amides is 1. The van der Waals surface area contributed by atoms with Gasteiger partial charge in [-0.05, 0) is 33.9 Å². The van der Waals surface area contributed by atoms with Crippen molar-refractivity contribution in [1.29, 1.82) is 0 Å². The second kappa shape index (κ2) is 7.83. The Labute approximate surface area is 142 Å². The zero-order chi connectivity index (χ0) is 17.7. The van der Waals surface area contributed by atoms with Crippen LogP contribution in [0.2, 0.25) is 0 Å². The molecule has 1 aliphatic carbocycles. The predicted octanol–water partition coefficient (Wildman–Crippen LogP) is 1.92. The topological polar surface area (TPSA) is 82.8 Å². The van der Waals surface area contributed by atoms with Crippen molar-refractivity contribution in [1.82, 2.24) is 10.2 Å². The van der Waals surface area contributed by atoms with Crippen molar-refractivity contribution < 1.29 is 14.3 Å². The molecule has 24 heavy (non-hydrogen) atoms. The molecule has 0 bridgehead atoms. The number of hydrogen-bond acceptors (Lipinski definition) is 5. The molecule has 1 amide bonds. The number of rotatable bonds is 6. The summed E-state index contributed by atoms with van der Waals surface area (Å²) >= 11 is 0. The molecule has 0 aromatic carbocycles. The average molecular weight is 336 g/mol. The molecular formula is C18H28N2O4. The van der Waals surface area contributed by atoms with Crippen LogP contribution in [0.5, 0.6) is 5.75 Å². The molecule has 1 saturated carbocycles. The molecule has 1 fully saturated rings. The van der Waals surface area contributed by atoms with Gasteiger partial charge in [0, 0.05) is 31.0 Å². The largest absolute Gasteiger partial charge is 0.502 e. The van der Waals surface area contributed by atoms with E-state index in [0.29, 0.717) is 12.3 Å². The fourth-order valence-electron chi connectivity index (χ4n) is 3.46. The Morgan fingerprint density at radius 2 is 2.00 bits per heavy atom. The van der Waals surface area contributed by atoms with Gasteiger partial charge in [0.05, 0.1) is 0 Å². The Hall–Kier alpha value is -1.82. The Morgan fingerprint density at radius 1 is 1.33 bits per heavy atom. The van der Waals surface area contributed by atoms with Crippen LogP contribution in [0.3, 0.4) is 0 Å². The molecule has 0 saturated heterocycles. The van der Waals surface area contributed by atoms with Gasteiger partial charge in [0.25, 0.3) is 0 Å². The first kappa shape index (κ1) is 18.5. The number of hydrogen-bond donors (Lipinski definition) is 2. The summed E-state index contributed by atoms with van der Waals surface area (Å²) in [5.41, 5.74) is -1.03. The van der Waals surface area contributed by atoms with Crippen LogP contribution in [0.1, 0.15) is 50.0 Å². The summed E-state index contributed by atoms with van der Waals surface area (Å²) in [6, 6.07) is 1.28. The predicted molar refractivity (Wildman–Crippen MR) is 92.3 cm³/mol. The second-order valence-electron chi connectivity index (χ2n) is 7.07. The molecule has 1 aromatic heterocycles. The lowest BCUT2D eigenvalue weighted by molar-refractivity contribution is -0.123. The lowest BCUT2D eigenvalue weighted by atomic mass is 9.69. The number of nitrogens with zero attached hydrogens (tertiary/aromatic N) is 1. The third-order valence-corrected chi connectivity index (χ3v) is 4.72. The molecule has 2 N–H and O–H groups in total. The van der Waals surface area contributed by atoms with Crippen LogP contribution in [0.25, 0.3) is 0 Å². The van der Waals surface area contributed by atoms with Crippen LogP contribution in [-0.2, 0) is 10.2 Å². The first-order valence-corrected chi connectivity index (χ1v) is 8.60. The quantitative estimate of drug-likeness (QED) is 0.829. The van der Waals surface area contributed by atoms with E-state index >= 15 is 0 Å². The van der Waals surface area contributed by atoms with Gasteiger partial charge in [-0.25, -0.2) is 0 Å². The fraction of sp³-hybridized carbons (Fsp3) is 0.667. The van der Waals surface area contributed by atoms with Gasteiger partial charge < -0.3 is 19.7 Å². The summed E-state index contributed by atoms with van der Waals surface area (Å²) in [4.78, 5) is 26.4. The third kappa shape index (κ3) is 4.38. The van der Waals surface area contributed by atoms with E-state index in [4.69, 9.17) is 4.42 Å². The maximum Gasteiger partial charge on any atom is 0.227 e. The van der Waals surface area contributed by atoms with E-state index in [0.717, 1.165) is 38.6 Å². The molecule has 0 spiro atoms. The third-order valence-electron chi connectivity index (χ3n) is 4.72. The Morgan fingerprint density at radius 3 is 2.62 bits per heavy atom. The molecule has 0 aliphatic heterocycles. The number of carbonyl (C=O) groups is 1. The van der Waals surface area contributed by atoms with Crippen LogP contribution >= 0.6 is 0 Å². The maximum atomic E-state index is 12.4. The molecule has 0 radical (unpaired) electrons. The Kier molecular flexibility index (Phi) is 6.04. The van der Waals surface area contributed by atoms with Gasteiger partial charge in [-0.1, -0.05) is 19.3 Å². The maximum absolute atomic E-state index is 12.4. The van der Waals surface area contributed by atoms with E-state index in [1.165, 1.54) is 6.07 Å². The van der Waals surface area contributed by atoms with E-state index in [1.54, 1.807) is 6.92 Å². The summed E-state index contributed by atoms with van der Waals surface area (Å²) in [5.74, 6) is 0.339. The zero-order valence-electron chi connectivity index (χ0n) is 14.9. The molecule has 6 heteroatoms. The summed E-state index contributed by atoms with van der Waals surface area (Å²) in [6.07, 6.45) is 4.74. The van der Waals surface area contributed by atoms with Crippen LogP contribution in [-0.4, -0.2) is 43.1 Å². The van der Waals surface area contributed by atoms with E-state index in [-0.39, 0.29) is 23.8 Å². The van der Waals surface area contributed by atoms with Gasteiger partial charge in [0.1, 0.15) is 5.76 Å². The second-order valence-corrected chi connectivity index (χ2v) is 7.07. The molecule has 0 unspecified atom stereocenters. The average Bonchev–Trinajstić information content (AvgIpc) is 2.51. The number of aryl methyl sites for hydroxylation is 1. The summed E-state index contributed by atoms with van der Waals surface area (Å²) in [5, 5.41) is 13.2. The first-order valence-electron chi connectivity index (χ1n) is 8.60. The molecule has 1 aromatic rings. The molecular weight excluding hydrogens is 308 g/mol. The van der Waals surface area contributed by atoms with Crippen LogP contribution in [0, 0.1) is 6.92 Å². The fourth-order valence-corrected chi connectivity index (χ4v) is 3.46. The van der Waals surface area contributed by atoms with E-state index < -0.39 is 10.8 Å². The number of carbonyl (C=O) groups excluding carboxylic acids is 1. The minimum absolute atomic E-state index is 0.0673. The van der Waals surface area contributed by atoms with E-state index in [9.17, 15) is 14.7 Å². The number of aromatic hydroxyl groups is 1. The van der Waals surface area contributed by atoms with Gasteiger partial charge in [-0.15, -0.1) is 0 Å². The highest BCUT2D eigenvalue weighted by molar-refractivity contribution is 5.77. The Balaban J connectivity index is 2.24. The van der Waals surface area contributed by atoms with Gasteiger partial charge in [0.15, 0.2) is 5.76 Å². The monoisotopic (exact) mass is 336 g/mol. The lowest BCUT2D eigenvalue weighted by Crippen LogP contribution is -2.39. The van der Waals surface area contributed by atoms with Crippen molar-refractivity contribution in [2.45, 2.75) is 50.9 Å². The summed E-state index contributed by atoms with van der Waals surface area (Å²) in [6.45, 7) is 3.03. The van der Waals surface area contributed by atoms with Crippen LogP contribution < -0.4 is 10.7 Å². The van der Waals surface area contributed by atoms with Crippen molar-refractivity contribution >= 4 is 5.91 Å². The minimum atomic E-state index is -0.588. The van der Waals surface area contributed by atoms with Crippen molar-refractivity contribution in [3.05, 3.63) is 27.8 Å². The van der Waals surface area contributed by atoms with Crippen molar-refractivity contribution in [2.24, 2.45) is 0 Å². The van der Waals surface area contributed by atoms with Gasteiger partial charge >= 0.3 is 0 Å². The van der Waals surface area contributed by atoms with Gasteiger partial charge in [0.2, 0.25) is 17.1 Å². The van der Waals surface area contributed by atoms with Crippen LogP contribution in [0.4, 0.5) is 0 Å². The van der Waals surface area contributed by atoms with E-state index in [2.05, 4.69) is 5.32 Å². The number of likely N-dealkylation sites (N-methyl/N-ethyl adjacent to an activating group) is 1. The highest BCUT2D eigenvalue weighted by atomic mass is 16.4. The molecule has 6 nitrogen and oxygen atoms in total. The Bertz CT molecular complexity index is 630. The zero-order valence-corrected chi connectivity index (χ0v) is 14.9. The molecule has 1 heterocycles. The van der Waals surface area contributed by atoms with Crippen LogP contribution in [0.15, 0.2) is 15.3 Å². The van der Waals surface area contributed by atoms with Gasteiger partial charge in [-0.3, -0.25) is 9.59 Å². The summed E-state index contributed by atoms with van der Waals surface area (Å²) in [7, 11) is 3.91. The van der Waals surface area contributed by atoms with Crippen molar-refractivity contribution in [3.8, 4) is 5.75 Å². The van der Waals surface area contributed by atoms with Crippen molar-refractivity contribution in [3.63, 3.8) is 0 Å².